The van der Waals surface area contributed by atoms with Gasteiger partial charge in [-0.3, -0.25) is 0 Å². The molecular weight excluding hydrogens is 198 g/mol. The van der Waals surface area contributed by atoms with Gasteiger partial charge in [0.2, 0.25) is 0 Å². The molecule has 1 aromatic heterocycles. The van der Waals surface area contributed by atoms with Gasteiger partial charge in [0.05, 0.1) is 6.10 Å². The Hall–Kier alpha value is -1.28. The van der Waals surface area contributed by atoms with E-state index < -0.39 is 0 Å². The highest BCUT2D eigenvalue weighted by Gasteiger charge is 2.15. The molecule has 1 N–H and O–H groups in total. The van der Waals surface area contributed by atoms with E-state index in [0.717, 1.165) is 13.0 Å². The fraction of sp³-hybridized carbons (Fsp3) is 0.429. The number of H-pyrrole nitrogens is 1. The van der Waals surface area contributed by atoms with Crippen LogP contribution in [0.1, 0.15) is 25.0 Å². The molecule has 1 fully saturated rings. The maximum absolute atomic E-state index is 5.76. The lowest BCUT2D eigenvalue weighted by atomic mass is 10.0. The molecule has 0 saturated carbocycles. The predicted molar refractivity (Wildman–Crippen MR) is 65.6 cm³/mol. The minimum Gasteiger partial charge on any atom is -0.378 e. The summed E-state index contributed by atoms with van der Waals surface area (Å²) in [6.07, 6.45) is 5.18. The quantitative estimate of drug-likeness (QED) is 0.817. The molecule has 2 nitrogen and oxygen atoms in total. The zero-order valence-corrected chi connectivity index (χ0v) is 9.41. The number of hydrogen-bond donors (Lipinski definition) is 1. The molecule has 1 aliphatic heterocycles. The van der Waals surface area contributed by atoms with Crippen molar-refractivity contribution in [3.8, 4) is 0 Å². The van der Waals surface area contributed by atoms with Crippen LogP contribution in [0.4, 0.5) is 0 Å². The third kappa shape index (κ3) is 1.98. The van der Waals surface area contributed by atoms with Crippen molar-refractivity contribution in [3.63, 3.8) is 0 Å². The van der Waals surface area contributed by atoms with Crippen molar-refractivity contribution < 1.29 is 4.74 Å². The van der Waals surface area contributed by atoms with E-state index >= 15 is 0 Å². The second-order valence-electron chi connectivity index (χ2n) is 4.57. The summed E-state index contributed by atoms with van der Waals surface area (Å²) in [5, 5.41) is 1.30. The van der Waals surface area contributed by atoms with Crippen molar-refractivity contribution in [1.82, 2.24) is 4.98 Å². The van der Waals surface area contributed by atoms with Gasteiger partial charge in [0.25, 0.3) is 0 Å². The van der Waals surface area contributed by atoms with Crippen molar-refractivity contribution >= 4 is 10.9 Å². The summed E-state index contributed by atoms with van der Waals surface area (Å²) in [4.78, 5) is 3.46. The van der Waals surface area contributed by atoms with Crippen LogP contribution < -0.4 is 0 Å². The normalized spacial score (nSPS) is 21.4. The molecule has 1 aromatic carbocycles. The first-order chi connectivity index (χ1) is 7.92. The first kappa shape index (κ1) is 9.91. The summed E-state index contributed by atoms with van der Waals surface area (Å²) in [5.74, 6) is 0. The van der Waals surface area contributed by atoms with Gasteiger partial charge in [0, 0.05) is 24.2 Å². The van der Waals surface area contributed by atoms with Crippen molar-refractivity contribution in [2.24, 2.45) is 0 Å². The molecule has 84 valence electrons. The summed E-state index contributed by atoms with van der Waals surface area (Å²) < 4.78 is 5.76. The molecule has 1 atom stereocenters. The molecule has 0 spiro atoms. The van der Waals surface area contributed by atoms with E-state index in [1.54, 1.807) is 0 Å². The van der Waals surface area contributed by atoms with Gasteiger partial charge in [-0.05, 0) is 36.8 Å². The smallest absolute Gasteiger partial charge is 0.0629 e. The summed E-state index contributed by atoms with van der Waals surface area (Å²) in [7, 11) is 0. The van der Waals surface area contributed by atoms with Crippen LogP contribution in [0.2, 0.25) is 0 Å². The van der Waals surface area contributed by atoms with Crippen LogP contribution in [0.5, 0.6) is 0 Å². The number of nitrogens with one attached hydrogen (secondary N) is 1. The number of hydrogen-bond acceptors (Lipinski definition) is 1. The third-order valence-corrected chi connectivity index (χ3v) is 3.31. The Kier molecular flexibility index (Phi) is 2.66. The minimum atomic E-state index is 0.418. The molecule has 3 rings (SSSR count). The van der Waals surface area contributed by atoms with E-state index in [4.69, 9.17) is 4.74 Å². The molecule has 0 bridgehead atoms. The minimum absolute atomic E-state index is 0.418. The van der Waals surface area contributed by atoms with Gasteiger partial charge < -0.3 is 9.72 Å². The lowest BCUT2D eigenvalue weighted by Gasteiger charge is -2.21. The summed E-state index contributed by atoms with van der Waals surface area (Å²) in [6, 6.07) is 10.7. The number of aromatic nitrogens is 1. The number of para-hydroxylation sites is 1. The molecule has 0 amide bonds. The van der Waals surface area contributed by atoms with Crippen molar-refractivity contribution in [2.45, 2.75) is 31.8 Å². The molecular formula is C14H17NO. The highest BCUT2D eigenvalue weighted by atomic mass is 16.5. The van der Waals surface area contributed by atoms with Gasteiger partial charge in [0.15, 0.2) is 0 Å². The van der Waals surface area contributed by atoms with Crippen LogP contribution in [-0.2, 0) is 11.2 Å². The second kappa shape index (κ2) is 4.30. The molecule has 2 aromatic rings. The third-order valence-electron chi connectivity index (χ3n) is 3.31. The Morgan fingerprint density at radius 2 is 2.19 bits per heavy atom. The summed E-state index contributed by atoms with van der Waals surface area (Å²) >= 11 is 0. The van der Waals surface area contributed by atoms with Crippen molar-refractivity contribution in [2.75, 3.05) is 6.61 Å². The maximum atomic E-state index is 5.76. The number of aromatic amines is 1. The van der Waals surface area contributed by atoms with E-state index in [1.165, 1.54) is 35.9 Å². The van der Waals surface area contributed by atoms with Crippen LogP contribution in [0.25, 0.3) is 10.9 Å². The second-order valence-corrected chi connectivity index (χ2v) is 4.57. The molecule has 0 aliphatic carbocycles. The average molecular weight is 215 g/mol. The van der Waals surface area contributed by atoms with Crippen molar-refractivity contribution in [1.29, 1.82) is 0 Å². The van der Waals surface area contributed by atoms with Gasteiger partial charge in [-0.2, -0.15) is 0 Å². The molecule has 1 unspecified atom stereocenters. The van der Waals surface area contributed by atoms with E-state index in [0.29, 0.717) is 6.10 Å². The van der Waals surface area contributed by atoms with Crippen LogP contribution in [0.3, 0.4) is 0 Å². The standard InChI is InChI=1S/C14H17NO/c1-2-7-14-11(5-1)9-12(15-14)10-13-6-3-4-8-16-13/h1-2,5,7,9,13,15H,3-4,6,8,10H2. The number of fused-ring (bicyclic) bond motifs is 1. The maximum Gasteiger partial charge on any atom is 0.0629 e. The Bertz CT molecular complexity index is 435. The van der Waals surface area contributed by atoms with Crippen LogP contribution in [0, 0.1) is 0 Å². The largest absolute Gasteiger partial charge is 0.378 e. The fourth-order valence-corrected chi connectivity index (χ4v) is 2.46. The van der Waals surface area contributed by atoms with Gasteiger partial charge >= 0.3 is 0 Å². The first-order valence-corrected chi connectivity index (χ1v) is 6.10. The monoisotopic (exact) mass is 215 g/mol. The molecule has 0 radical (unpaired) electrons. The first-order valence-electron chi connectivity index (χ1n) is 6.10. The van der Waals surface area contributed by atoms with E-state index in [9.17, 15) is 0 Å². The molecule has 1 saturated heterocycles. The molecule has 2 heterocycles. The number of benzene rings is 1. The lowest BCUT2D eigenvalue weighted by Crippen LogP contribution is -2.21. The Morgan fingerprint density at radius 1 is 1.25 bits per heavy atom. The predicted octanol–water partition coefficient (Wildman–Crippen LogP) is 3.28. The zero-order chi connectivity index (χ0) is 10.8. The zero-order valence-electron chi connectivity index (χ0n) is 9.41. The lowest BCUT2D eigenvalue weighted by molar-refractivity contribution is 0.0163. The Labute approximate surface area is 95.6 Å². The van der Waals surface area contributed by atoms with Crippen LogP contribution in [0.15, 0.2) is 30.3 Å². The SMILES string of the molecule is c1ccc2[nH]c(CC3CCCCO3)cc2c1. The van der Waals surface area contributed by atoms with Gasteiger partial charge in [-0.1, -0.05) is 18.2 Å². The summed E-state index contributed by atoms with van der Waals surface area (Å²) in [5.41, 5.74) is 2.53. The number of rotatable bonds is 2. The van der Waals surface area contributed by atoms with Crippen LogP contribution in [-0.4, -0.2) is 17.7 Å². The Morgan fingerprint density at radius 3 is 3.00 bits per heavy atom. The highest BCUT2D eigenvalue weighted by molar-refractivity contribution is 5.80. The Balaban J connectivity index is 1.78. The fourth-order valence-electron chi connectivity index (χ4n) is 2.46. The van der Waals surface area contributed by atoms with Gasteiger partial charge in [0.1, 0.15) is 0 Å². The highest BCUT2D eigenvalue weighted by Crippen LogP contribution is 2.20. The molecule has 16 heavy (non-hydrogen) atoms. The number of ether oxygens (including phenoxy) is 1. The van der Waals surface area contributed by atoms with E-state index in [-0.39, 0.29) is 0 Å². The average Bonchev–Trinajstić information content (AvgIpc) is 2.72. The topological polar surface area (TPSA) is 25.0 Å². The van der Waals surface area contributed by atoms with Gasteiger partial charge in [-0.25, -0.2) is 0 Å². The van der Waals surface area contributed by atoms with E-state index in [2.05, 4.69) is 35.3 Å². The van der Waals surface area contributed by atoms with Crippen molar-refractivity contribution in [3.05, 3.63) is 36.0 Å². The van der Waals surface area contributed by atoms with Gasteiger partial charge in [-0.15, -0.1) is 0 Å². The van der Waals surface area contributed by atoms with Crippen LogP contribution >= 0.6 is 0 Å². The van der Waals surface area contributed by atoms with E-state index in [1.807, 2.05) is 0 Å². The molecule has 2 heteroatoms. The molecule has 1 aliphatic rings. The summed E-state index contributed by atoms with van der Waals surface area (Å²) in [6.45, 7) is 0.935.